The first kappa shape index (κ1) is 86.9. The van der Waals surface area contributed by atoms with E-state index in [0.717, 1.165) is 174 Å². The summed E-state index contributed by atoms with van der Waals surface area (Å²) in [5.41, 5.74) is 3.70. The Hall–Kier alpha value is -4.00. The number of likely N-dealkylation sites (tertiary alicyclic amines) is 4. The number of quaternary nitrogens is 4. The third kappa shape index (κ3) is 12.1. The molecule has 4 aromatic rings. The normalized spacial score (nSPS) is 43.5. The lowest BCUT2D eigenvalue weighted by molar-refractivity contribution is -0.950. The number of ether oxygens (including phenoxy) is 4. The monoisotopic (exact) mass is 1910 g/mol. The first-order chi connectivity index (χ1) is 53.0. The zero-order valence-electron chi connectivity index (χ0n) is 66.6. The molecule has 0 amide bonds. The minimum Gasteiger partial charge on any atom is -1.00 e. The molecule has 0 aromatic heterocycles. The second kappa shape index (κ2) is 29.3. The number of rotatable bonds is 8. The molecular formula is C85H114Br4N4O21S2. The van der Waals surface area contributed by atoms with Gasteiger partial charge in [0.25, 0.3) is 0 Å². The molecule has 11 N–H and O–H groups in total. The third-order valence-corrected chi connectivity index (χ3v) is 34.1. The van der Waals surface area contributed by atoms with Gasteiger partial charge in [-0.25, -0.2) is 0 Å². The van der Waals surface area contributed by atoms with Crippen molar-refractivity contribution in [2.45, 2.75) is 272 Å². The molecule has 8 heterocycles. The number of hydrogen-bond acceptors (Lipinski definition) is 21. The molecule has 8 saturated carbocycles. The van der Waals surface area contributed by atoms with Crippen molar-refractivity contribution >= 4 is 21.2 Å². The van der Waals surface area contributed by atoms with E-state index in [9.17, 15) is 56.2 Å². The number of halogens is 4. The van der Waals surface area contributed by atoms with Crippen LogP contribution in [0.2, 0.25) is 0 Å². The number of aromatic hydroxyl groups is 4. The van der Waals surface area contributed by atoms with E-state index in [-0.39, 0.29) is 127 Å². The molecule has 8 bridgehead atoms. The Morgan fingerprint density at radius 3 is 0.767 bits per heavy atom. The average Bonchev–Trinajstić information content (AvgIpc) is 1.46. The summed E-state index contributed by atoms with van der Waals surface area (Å²) >= 11 is 0. The molecule has 12 aliphatic carbocycles. The van der Waals surface area contributed by atoms with Crippen LogP contribution in [0.1, 0.15) is 180 Å². The zero-order chi connectivity index (χ0) is 78.7. The van der Waals surface area contributed by atoms with E-state index in [0.29, 0.717) is 67.4 Å². The molecule has 116 heavy (non-hydrogen) atoms. The molecule has 4 unspecified atom stereocenters. The Morgan fingerprint density at radius 1 is 0.336 bits per heavy atom. The van der Waals surface area contributed by atoms with Gasteiger partial charge in [-0.1, -0.05) is 31.2 Å². The molecule has 20 aliphatic rings. The highest BCUT2D eigenvalue weighted by atomic mass is 79.9. The third-order valence-electron chi connectivity index (χ3n) is 34.1. The summed E-state index contributed by atoms with van der Waals surface area (Å²) in [7, 11) is 3.16. The van der Waals surface area contributed by atoms with Crippen molar-refractivity contribution in [1.29, 1.82) is 0 Å². The maximum absolute atomic E-state index is 12.3. The lowest BCUT2D eigenvalue weighted by Gasteiger charge is -2.65. The smallest absolute Gasteiger partial charge is 0.425 e. The van der Waals surface area contributed by atoms with Gasteiger partial charge in [-0.05, 0) is 155 Å². The van der Waals surface area contributed by atoms with Crippen LogP contribution in [-0.2, 0) is 68.6 Å². The maximum atomic E-state index is 12.3. The fourth-order valence-electron chi connectivity index (χ4n) is 28.8. The number of phenols is 4. The highest BCUT2D eigenvalue weighted by Crippen LogP contribution is 2.72. The Labute approximate surface area is 723 Å². The molecule has 24 rings (SSSR count). The number of nitrogens with zero attached hydrogens (tertiary/aromatic N) is 4. The van der Waals surface area contributed by atoms with Gasteiger partial charge in [-0.15, -0.1) is 25.3 Å². The van der Waals surface area contributed by atoms with Gasteiger partial charge in [0.05, 0.1) is 121 Å². The van der Waals surface area contributed by atoms with Crippen molar-refractivity contribution in [2.24, 2.45) is 29.6 Å². The number of aliphatic hydroxyl groups excluding tert-OH is 3. The molecular weight excluding hydrogens is 1800 g/mol. The molecule has 12 fully saturated rings. The van der Waals surface area contributed by atoms with Crippen molar-refractivity contribution in [3.63, 3.8) is 0 Å². The Bertz CT molecular complexity index is 4270. The fourth-order valence-corrected chi connectivity index (χ4v) is 28.8. The number of piperidine rings is 4. The van der Waals surface area contributed by atoms with Gasteiger partial charge in [0.2, 0.25) is 0 Å². The number of benzene rings is 4. The van der Waals surface area contributed by atoms with Crippen LogP contribution in [0, 0.1) is 29.6 Å². The van der Waals surface area contributed by atoms with Gasteiger partial charge in [0.1, 0.15) is 71.0 Å². The fraction of sp³-hybridized carbons (Fsp3) is 0.718. The van der Waals surface area contributed by atoms with Crippen LogP contribution in [0.5, 0.6) is 46.0 Å². The minimum atomic E-state index is -3.11. The van der Waals surface area contributed by atoms with Gasteiger partial charge in [0.15, 0.2) is 46.0 Å². The van der Waals surface area contributed by atoms with Crippen LogP contribution in [0.15, 0.2) is 48.5 Å². The summed E-state index contributed by atoms with van der Waals surface area (Å²) in [6, 6.07) is 15.8. The predicted octanol–water partition coefficient (Wildman–Crippen LogP) is -6.87. The van der Waals surface area contributed by atoms with E-state index in [1.807, 2.05) is 18.2 Å². The molecule has 4 saturated heterocycles. The highest BCUT2D eigenvalue weighted by Gasteiger charge is 2.81. The average molecular weight is 1910 g/mol. The molecule has 4 spiro atoms. The van der Waals surface area contributed by atoms with Crippen LogP contribution in [-0.4, -0.2) is 269 Å². The Balaban J connectivity index is 0.000000116. The van der Waals surface area contributed by atoms with E-state index < -0.39 is 96.5 Å². The lowest BCUT2D eigenvalue weighted by atomic mass is 9.47. The first-order valence-electron chi connectivity index (χ1n) is 41.9. The first-order valence-corrected chi connectivity index (χ1v) is 43.9. The minimum absolute atomic E-state index is 0. The summed E-state index contributed by atoms with van der Waals surface area (Å²) in [6.07, 6.45) is 19.8. The van der Waals surface area contributed by atoms with E-state index in [2.05, 4.69) is 41.2 Å². The van der Waals surface area contributed by atoms with Gasteiger partial charge in [0, 0.05) is 97.3 Å². The van der Waals surface area contributed by atoms with Crippen molar-refractivity contribution in [3.05, 3.63) is 93.0 Å². The highest BCUT2D eigenvalue weighted by molar-refractivity contribution is 7.59. The number of phenolic OH excluding ortho intramolecular Hbond substituents is 4. The molecule has 24 atom stereocenters. The summed E-state index contributed by atoms with van der Waals surface area (Å²) in [5, 5.41) is 123. The Morgan fingerprint density at radius 2 is 0.543 bits per heavy atom. The summed E-state index contributed by atoms with van der Waals surface area (Å²) in [5.74, 6) is 6.58. The van der Waals surface area contributed by atoms with Crippen LogP contribution >= 0.6 is 0 Å². The zero-order valence-corrected chi connectivity index (χ0v) is 74.6. The van der Waals surface area contributed by atoms with Gasteiger partial charge in [-0.2, -0.15) is 0 Å². The van der Waals surface area contributed by atoms with Gasteiger partial charge >= 0.3 is 21.2 Å². The molecule has 0 radical (unpaired) electrons. The summed E-state index contributed by atoms with van der Waals surface area (Å²) in [6.45, 7) is 11.1. The standard InChI is InChI=1S/C22H29NO3.3C21H27NO4.4BrH.2O3S/c1-13-7-8-22(25)17-11-15-5-6-16(24)19-18(15)21(22,20(13)26-19)9-10-23(17,2)12-14-3-4-14;3*1-22(11-12-2-3-12)9-8-20-17-13-4-5-14(23)18(17)26-19(20)15(24)6-7-21(20,25)16(22)10-13;;;;;2*1-4(2)3/h5-6,13-14,17,20,25H,3-4,7-12H2,1-2H3;3*4-5,12,15-16,19,24-25H,2-3,6-11H2,1H3;4*1H;;/t13-,17+,20-,21-,22+,23?;15-,16+,19-,20-,21+,22?;2*15-,16-,19+,20+,21-,22?;;;;;;/m0011....../s1. The van der Waals surface area contributed by atoms with Crippen LogP contribution < -0.4 is 86.9 Å². The lowest BCUT2D eigenvalue weighted by Crippen LogP contribution is -3.00. The van der Waals surface area contributed by atoms with E-state index in [1.54, 1.807) is 24.3 Å². The molecule has 4 aromatic carbocycles. The second-order valence-corrected chi connectivity index (χ2v) is 40.8. The number of likely N-dealkylation sites (N-methyl/N-ethyl adjacent to an activating group) is 4. The van der Waals surface area contributed by atoms with E-state index >= 15 is 0 Å². The van der Waals surface area contributed by atoms with Crippen molar-refractivity contribution in [2.75, 3.05) is 80.5 Å². The summed E-state index contributed by atoms with van der Waals surface area (Å²) < 4.78 is 79.5. The molecule has 640 valence electrons. The number of hydrogen-bond donors (Lipinski definition) is 11. The maximum Gasteiger partial charge on any atom is 0.425 e. The SMILES string of the molecule is C[C@H]1CC[C@@]2(O)[C@H]3Cc4ccc(O)c5c4[C@@]2(CC[N+]3(C)CC2CC2)[C@H]1O5.C[N+]1(CC2CC2)CC[C@]23c4c5ccc(O)c4O[C@H]2[C@@H](O)CC[C@@]3(O)[C@H]1C5.C[N+]1(CC2CC2)CC[C@]23c4c5ccc(O)c4O[C@H]2[C@H](O)CC[C@@]3(O)[C@H]1C5.C[N+]1(CC2CC2)CC[C@]23c4c5ccc(O)c4O[C@H]2[C@H](O)CC[C@@]3(O)[C@H]1C5.O=S(=O)=O.O=S(=O)=O.[Br-].[Br-].[Br-].[Br-]. The van der Waals surface area contributed by atoms with Crippen LogP contribution in [0.3, 0.4) is 0 Å². The second-order valence-electron chi connectivity index (χ2n) is 40.0. The van der Waals surface area contributed by atoms with Gasteiger partial charge < -0.3 is 161 Å². The largest absolute Gasteiger partial charge is 1.00 e. The summed E-state index contributed by atoms with van der Waals surface area (Å²) in [4.78, 5) is 0. The van der Waals surface area contributed by atoms with Crippen LogP contribution in [0.25, 0.3) is 0 Å². The van der Waals surface area contributed by atoms with E-state index in [1.165, 1.54) is 80.2 Å². The molecule has 8 aliphatic heterocycles. The Kier molecular flexibility index (Phi) is 22.0. The van der Waals surface area contributed by atoms with Crippen molar-refractivity contribution in [3.8, 4) is 46.0 Å². The van der Waals surface area contributed by atoms with Crippen LogP contribution in [0.4, 0.5) is 0 Å². The van der Waals surface area contributed by atoms with E-state index in [4.69, 9.17) is 44.2 Å². The van der Waals surface area contributed by atoms with Crippen molar-refractivity contribution < 1.29 is 186 Å². The van der Waals surface area contributed by atoms with Crippen molar-refractivity contribution in [1.82, 2.24) is 0 Å². The topological polar surface area (TPSA) is 362 Å². The molecule has 31 heteroatoms. The quantitative estimate of drug-likeness (QED) is 0.0731. The number of aliphatic hydroxyl groups is 7. The predicted molar refractivity (Wildman–Crippen MR) is 403 cm³/mol. The van der Waals surface area contributed by atoms with Gasteiger partial charge in [-0.3, -0.25) is 0 Å². The molecule has 25 nitrogen and oxygen atoms in total.